The Labute approximate surface area is 248 Å². The highest BCUT2D eigenvalue weighted by Crippen LogP contribution is 2.48. The van der Waals surface area contributed by atoms with E-state index in [-0.39, 0.29) is 44.9 Å². The lowest BCUT2D eigenvalue weighted by Crippen LogP contribution is -2.34. The van der Waals surface area contributed by atoms with Crippen LogP contribution in [0.3, 0.4) is 0 Å². The number of rotatable bonds is 8. The van der Waals surface area contributed by atoms with E-state index in [1.165, 1.54) is 0 Å². The van der Waals surface area contributed by atoms with Gasteiger partial charge < -0.3 is 25.4 Å². The molecule has 2 aliphatic rings. The molecular weight excluding hydrogens is 587 g/mol. The molecule has 3 atom stereocenters. The number of halogens is 2. The molecule has 2 fully saturated rings. The Kier molecular flexibility index (Phi) is 7.01. The van der Waals surface area contributed by atoms with Gasteiger partial charge in [0, 0.05) is 43.1 Å². The number of carboxylic acids is 2. The minimum Gasteiger partial charge on any atom is -0.478 e. The summed E-state index contributed by atoms with van der Waals surface area (Å²) in [5.74, 6) is -1.84. The summed E-state index contributed by atoms with van der Waals surface area (Å²) in [5, 5.41) is 23.5. The Morgan fingerprint density at radius 1 is 1.02 bits per heavy atom. The highest BCUT2D eigenvalue weighted by atomic mass is 35.5. The molecule has 0 bridgehead atoms. The fourth-order valence-electron chi connectivity index (χ4n) is 5.50. The van der Waals surface area contributed by atoms with E-state index in [0.717, 1.165) is 28.0 Å². The van der Waals surface area contributed by atoms with Crippen molar-refractivity contribution >= 4 is 57.5 Å². The number of amides is 1. The average Bonchev–Trinajstić information content (AvgIpc) is 3.30. The molecule has 1 saturated heterocycles. The van der Waals surface area contributed by atoms with Gasteiger partial charge in [-0.2, -0.15) is 0 Å². The standard InChI is InChI=1S/C29H24Cl2N4O5S/c1-13-21(30)22(31)24(32-13)26(36)34-23-18-11-35(12-19(18)23)29-33-20(25(41-29)28(39)40)9-14-4-2-5-15(8-14)16-6-3-7-17(10-16)27(37)38/h2-8,10,18-19,23,32H,9,11-12H2,1H3,(H,34,36)(H,37,38)(H,39,40)/t18-,19+,23-. The third-order valence-electron chi connectivity index (χ3n) is 7.66. The number of fused-ring (bicyclic) bond motifs is 1. The maximum atomic E-state index is 12.7. The van der Waals surface area contributed by atoms with E-state index in [0.29, 0.717) is 41.1 Å². The topological polar surface area (TPSA) is 136 Å². The van der Waals surface area contributed by atoms with Crippen LogP contribution in [0.25, 0.3) is 11.1 Å². The minimum atomic E-state index is -1.03. The van der Waals surface area contributed by atoms with E-state index in [1.807, 2.05) is 30.3 Å². The SMILES string of the molecule is Cc1[nH]c(C(=O)N[C@@H]2[C@@H]3CN(c4nc(Cc5cccc(-c6cccc(C(=O)O)c6)c5)c(C(=O)O)s4)C[C@@H]32)c(Cl)c1Cl. The van der Waals surface area contributed by atoms with Gasteiger partial charge in [-0.15, -0.1) is 0 Å². The second-order valence-corrected chi connectivity index (χ2v) is 12.1. The lowest BCUT2D eigenvalue weighted by molar-refractivity contribution is 0.0688. The first-order valence-electron chi connectivity index (χ1n) is 12.9. The molecule has 2 aromatic carbocycles. The lowest BCUT2D eigenvalue weighted by Gasteiger charge is -2.19. The Balaban J connectivity index is 1.14. The Bertz CT molecular complexity index is 1700. The van der Waals surface area contributed by atoms with Gasteiger partial charge in [0.25, 0.3) is 5.91 Å². The van der Waals surface area contributed by atoms with Crippen molar-refractivity contribution in [1.82, 2.24) is 15.3 Å². The van der Waals surface area contributed by atoms with Gasteiger partial charge in [0.1, 0.15) is 10.6 Å². The van der Waals surface area contributed by atoms with E-state index in [9.17, 15) is 24.6 Å². The zero-order chi connectivity index (χ0) is 29.0. The minimum absolute atomic E-state index is 0.0120. The molecule has 1 aliphatic heterocycles. The summed E-state index contributed by atoms with van der Waals surface area (Å²) in [6.45, 7) is 3.07. The van der Waals surface area contributed by atoms with Gasteiger partial charge in [-0.25, -0.2) is 14.6 Å². The smallest absolute Gasteiger partial charge is 0.347 e. The van der Waals surface area contributed by atoms with Crippen molar-refractivity contribution < 1.29 is 24.6 Å². The third-order valence-corrected chi connectivity index (χ3v) is 9.76. The van der Waals surface area contributed by atoms with E-state index in [2.05, 4.69) is 15.2 Å². The van der Waals surface area contributed by atoms with Crippen LogP contribution in [0.15, 0.2) is 48.5 Å². The van der Waals surface area contributed by atoms with E-state index in [4.69, 9.17) is 28.2 Å². The van der Waals surface area contributed by atoms with Crippen molar-refractivity contribution in [1.29, 1.82) is 0 Å². The highest BCUT2D eigenvalue weighted by molar-refractivity contribution is 7.17. The lowest BCUT2D eigenvalue weighted by atomic mass is 9.99. The molecule has 1 aliphatic carbocycles. The molecule has 0 radical (unpaired) electrons. The predicted molar refractivity (Wildman–Crippen MR) is 157 cm³/mol. The van der Waals surface area contributed by atoms with Gasteiger partial charge >= 0.3 is 11.9 Å². The first-order chi connectivity index (χ1) is 19.6. The molecule has 0 spiro atoms. The number of hydrogen-bond donors (Lipinski definition) is 4. The number of benzene rings is 2. The molecule has 41 heavy (non-hydrogen) atoms. The zero-order valence-corrected chi connectivity index (χ0v) is 24.0. The molecule has 9 nitrogen and oxygen atoms in total. The number of aromatic carboxylic acids is 2. The summed E-state index contributed by atoms with van der Waals surface area (Å²) in [4.78, 5) is 46.1. The Hall–Kier alpha value is -3.86. The number of H-pyrrole nitrogens is 1. The van der Waals surface area contributed by atoms with Crippen LogP contribution in [0.2, 0.25) is 10.0 Å². The molecule has 2 aromatic heterocycles. The summed E-state index contributed by atoms with van der Waals surface area (Å²) < 4.78 is 0. The Morgan fingerprint density at radius 3 is 2.34 bits per heavy atom. The van der Waals surface area contributed by atoms with Crippen molar-refractivity contribution in [3.8, 4) is 11.1 Å². The maximum Gasteiger partial charge on any atom is 0.347 e. The number of nitrogens with one attached hydrogen (secondary N) is 2. The monoisotopic (exact) mass is 610 g/mol. The van der Waals surface area contributed by atoms with Crippen LogP contribution in [0.5, 0.6) is 0 Å². The van der Waals surface area contributed by atoms with E-state index >= 15 is 0 Å². The number of piperidine rings is 1. The Morgan fingerprint density at radius 2 is 1.71 bits per heavy atom. The van der Waals surface area contributed by atoms with Crippen LogP contribution in [0.1, 0.15) is 47.5 Å². The van der Waals surface area contributed by atoms with Crippen LogP contribution in [-0.2, 0) is 6.42 Å². The molecule has 210 valence electrons. The number of aromatic amines is 1. The van der Waals surface area contributed by atoms with Gasteiger partial charge in [0.15, 0.2) is 5.13 Å². The molecule has 3 heterocycles. The molecule has 12 heteroatoms. The van der Waals surface area contributed by atoms with E-state index < -0.39 is 11.9 Å². The molecular formula is C29H24Cl2N4O5S. The zero-order valence-electron chi connectivity index (χ0n) is 21.6. The van der Waals surface area contributed by atoms with Crippen molar-refractivity contribution in [2.75, 3.05) is 18.0 Å². The fourth-order valence-corrected chi connectivity index (χ4v) is 6.85. The van der Waals surface area contributed by atoms with Crippen molar-refractivity contribution in [3.05, 3.63) is 91.7 Å². The van der Waals surface area contributed by atoms with Crippen molar-refractivity contribution in [3.63, 3.8) is 0 Å². The van der Waals surface area contributed by atoms with Crippen molar-refractivity contribution in [2.45, 2.75) is 19.4 Å². The fraction of sp³-hybridized carbons (Fsp3) is 0.241. The summed E-state index contributed by atoms with van der Waals surface area (Å²) in [6, 6.07) is 14.3. The summed E-state index contributed by atoms with van der Waals surface area (Å²) in [6.07, 6.45) is 0.322. The summed E-state index contributed by atoms with van der Waals surface area (Å²) >= 11 is 13.4. The van der Waals surface area contributed by atoms with Gasteiger partial charge in [-0.3, -0.25) is 4.79 Å². The normalized spacial score (nSPS) is 19.2. The number of aromatic nitrogens is 2. The largest absolute Gasteiger partial charge is 0.478 e. The van der Waals surface area contributed by atoms with Gasteiger partial charge in [0.2, 0.25) is 0 Å². The van der Waals surface area contributed by atoms with Crippen molar-refractivity contribution in [2.24, 2.45) is 11.8 Å². The number of carbonyl (C=O) groups excluding carboxylic acids is 1. The molecule has 4 aromatic rings. The van der Waals surface area contributed by atoms with Gasteiger partial charge in [0.05, 0.1) is 21.3 Å². The summed E-state index contributed by atoms with van der Waals surface area (Å²) in [5.41, 5.74) is 4.04. The second-order valence-electron chi connectivity index (χ2n) is 10.3. The summed E-state index contributed by atoms with van der Waals surface area (Å²) in [7, 11) is 0. The number of anilines is 1. The van der Waals surface area contributed by atoms with Crippen LogP contribution < -0.4 is 10.2 Å². The number of thiazole rings is 1. The third kappa shape index (κ3) is 5.18. The quantitative estimate of drug-likeness (QED) is 0.204. The molecule has 1 saturated carbocycles. The number of hydrogen-bond acceptors (Lipinski definition) is 6. The molecule has 0 unspecified atom stereocenters. The van der Waals surface area contributed by atoms with Crippen LogP contribution >= 0.6 is 34.5 Å². The number of aryl methyl sites for hydroxylation is 1. The highest BCUT2D eigenvalue weighted by Gasteiger charge is 2.57. The predicted octanol–water partition coefficient (Wildman–Crippen LogP) is 5.61. The molecule has 4 N–H and O–H groups in total. The number of carbonyl (C=O) groups is 3. The average molecular weight is 612 g/mol. The molecule has 6 rings (SSSR count). The van der Waals surface area contributed by atoms with Gasteiger partial charge in [-0.1, -0.05) is 70.9 Å². The number of carboxylic acid groups (broad SMARTS) is 2. The second kappa shape index (κ2) is 10.5. The van der Waals surface area contributed by atoms with E-state index in [1.54, 1.807) is 25.1 Å². The number of nitrogens with zero attached hydrogens (tertiary/aromatic N) is 2. The maximum absolute atomic E-state index is 12.7. The van der Waals surface area contributed by atoms with Crippen LogP contribution in [0, 0.1) is 18.8 Å². The molecule has 1 amide bonds. The van der Waals surface area contributed by atoms with Crippen LogP contribution in [0.4, 0.5) is 5.13 Å². The van der Waals surface area contributed by atoms with Crippen LogP contribution in [-0.4, -0.2) is 57.2 Å². The first-order valence-corrected chi connectivity index (χ1v) is 14.4. The van der Waals surface area contributed by atoms with Gasteiger partial charge in [-0.05, 0) is 35.7 Å². The first kappa shape index (κ1) is 27.3.